The summed E-state index contributed by atoms with van der Waals surface area (Å²) in [5.41, 5.74) is 5.46. The Morgan fingerprint density at radius 2 is 1.77 bits per heavy atom. The molecule has 0 amide bonds. The second-order valence-electron chi connectivity index (χ2n) is 7.23. The summed E-state index contributed by atoms with van der Waals surface area (Å²) >= 11 is 1.67. The van der Waals surface area contributed by atoms with Gasteiger partial charge in [0.05, 0.1) is 16.9 Å². The highest BCUT2D eigenvalue weighted by Gasteiger charge is 2.29. The van der Waals surface area contributed by atoms with E-state index in [4.69, 9.17) is 4.98 Å². The first-order valence-corrected chi connectivity index (χ1v) is 8.66. The van der Waals surface area contributed by atoms with Gasteiger partial charge in [0.15, 0.2) is 0 Å². The number of aromatic nitrogens is 3. The topological polar surface area (TPSA) is 30.2 Å². The number of fused-ring (bicyclic) bond motifs is 1. The van der Waals surface area contributed by atoms with Crippen LogP contribution in [0.3, 0.4) is 0 Å². The average molecular weight is 313 g/mol. The van der Waals surface area contributed by atoms with Crippen molar-refractivity contribution in [3.63, 3.8) is 0 Å². The zero-order chi connectivity index (χ0) is 15.8. The van der Waals surface area contributed by atoms with Crippen molar-refractivity contribution in [1.82, 2.24) is 14.4 Å². The highest BCUT2D eigenvalue weighted by Crippen LogP contribution is 2.35. The van der Waals surface area contributed by atoms with E-state index in [2.05, 4.69) is 60.9 Å². The van der Waals surface area contributed by atoms with E-state index in [0.717, 1.165) is 24.2 Å². The van der Waals surface area contributed by atoms with Crippen LogP contribution in [0.25, 0.3) is 5.65 Å². The molecule has 0 N–H and O–H groups in total. The maximum Gasteiger partial charge on any atom is 0.136 e. The van der Waals surface area contributed by atoms with Crippen LogP contribution in [0.5, 0.6) is 0 Å². The summed E-state index contributed by atoms with van der Waals surface area (Å²) in [6.45, 7) is 9.13. The third-order valence-electron chi connectivity index (χ3n) is 4.56. The molecule has 3 nitrogen and oxygen atoms in total. The van der Waals surface area contributed by atoms with Crippen molar-refractivity contribution in [2.75, 3.05) is 0 Å². The molecule has 0 aliphatic rings. The summed E-state index contributed by atoms with van der Waals surface area (Å²) in [7, 11) is 0. The lowest BCUT2D eigenvalue weighted by Crippen LogP contribution is -2.24. The number of nitrogens with zero attached hydrogens (tertiary/aromatic N) is 3. The Morgan fingerprint density at radius 3 is 2.41 bits per heavy atom. The van der Waals surface area contributed by atoms with Crippen LogP contribution < -0.4 is 0 Å². The minimum absolute atomic E-state index is 0.0549. The van der Waals surface area contributed by atoms with Gasteiger partial charge < -0.3 is 4.40 Å². The lowest BCUT2D eigenvalue weighted by molar-refractivity contribution is 0.365. The third kappa shape index (κ3) is 2.93. The van der Waals surface area contributed by atoms with Crippen LogP contribution >= 0.6 is 11.3 Å². The molecule has 0 unspecified atom stereocenters. The third-order valence-corrected chi connectivity index (χ3v) is 5.14. The van der Waals surface area contributed by atoms with Gasteiger partial charge in [0, 0.05) is 28.6 Å². The monoisotopic (exact) mass is 313 g/mol. The van der Waals surface area contributed by atoms with Crippen LogP contribution in [0.1, 0.15) is 51.9 Å². The fourth-order valence-electron chi connectivity index (χ4n) is 2.69. The van der Waals surface area contributed by atoms with E-state index < -0.39 is 0 Å². The zero-order valence-corrected chi connectivity index (χ0v) is 14.5. The van der Waals surface area contributed by atoms with Gasteiger partial charge in [-0.2, -0.15) is 0 Å². The first kappa shape index (κ1) is 15.2. The summed E-state index contributed by atoms with van der Waals surface area (Å²) in [6, 6.07) is 6.13. The smallest absolute Gasteiger partial charge is 0.136 e. The van der Waals surface area contributed by atoms with Crippen LogP contribution in [-0.2, 0) is 10.8 Å². The van der Waals surface area contributed by atoms with Crippen molar-refractivity contribution in [2.45, 2.75) is 51.4 Å². The molecule has 0 aliphatic heterocycles. The first-order chi connectivity index (χ1) is 10.4. The molecule has 22 heavy (non-hydrogen) atoms. The summed E-state index contributed by atoms with van der Waals surface area (Å²) in [5.74, 6) is 0. The lowest BCUT2D eigenvalue weighted by Gasteiger charge is -2.29. The van der Waals surface area contributed by atoms with E-state index in [-0.39, 0.29) is 10.8 Å². The van der Waals surface area contributed by atoms with Crippen LogP contribution in [0.15, 0.2) is 41.5 Å². The molecule has 116 valence electrons. The Balaban J connectivity index is 1.78. The van der Waals surface area contributed by atoms with Gasteiger partial charge in [-0.15, -0.1) is 11.3 Å². The quantitative estimate of drug-likeness (QED) is 0.675. The van der Waals surface area contributed by atoms with Crippen molar-refractivity contribution in [3.05, 3.63) is 52.9 Å². The fourth-order valence-corrected chi connectivity index (χ4v) is 3.43. The van der Waals surface area contributed by atoms with Crippen LogP contribution in [-0.4, -0.2) is 14.4 Å². The lowest BCUT2D eigenvalue weighted by atomic mass is 9.76. The largest absolute Gasteiger partial charge is 0.307 e. The van der Waals surface area contributed by atoms with E-state index in [0.29, 0.717) is 0 Å². The average Bonchev–Trinajstić information content (AvgIpc) is 3.14. The van der Waals surface area contributed by atoms with Gasteiger partial charge >= 0.3 is 0 Å². The van der Waals surface area contributed by atoms with E-state index in [1.165, 1.54) is 5.69 Å². The second-order valence-corrected chi connectivity index (χ2v) is 7.95. The number of hydrogen-bond acceptors (Lipinski definition) is 3. The number of pyridine rings is 1. The van der Waals surface area contributed by atoms with Crippen molar-refractivity contribution in [3.8, 4) is 0 Å². The summed E-state index contributed by atoms with van der Waals surface area (Å²) in [4.78, 5) is 9.29. The van der Waals surface area contributed by atoms with Crippen LogP contribution in [0, 0.1) is 0 Å². The predicted octanol–water partition coefficient (Wildman–Crippen LogP) is 4.83. The fraction of sp³-hybridized carbons (Fsp3) is 0.444. The molecular formula is C18H23N3S. The Kier molecular flexibility index (Phi) is 3.81. The Bertz CT molecular complexity index is 721. The van der Waals surface area contributed by atoms with Gasteiger partial charge in [-0.05, 0) is 25.0 Å². The maximum absolute atomic E-state index is 4.80. The molecule has 0 saturated heterocycles. The second kappa shape index (κ2) is 5.51. The van der Waals surface area contributed by atoms with E-state index in [1.807, 2.05) is 17.6 Å². The minimum atomic E-state index is 0.0549. The number of imidazole rings is 1. The molecule has 3 aromatic rings. The van der Waals surface area contributed by atoms with Gasteiger partial charge in [-0.1, -0.05) is 33.8 Å². The molecule has 0 saturated carbocycles. The molecule has 0 atom stereocenters. The van der Waals surface area contributed by atoms with Crippen molar-refractivity contribution in [1.29, 1.82) is 0 Å². The minimum Gasteiger partial charge on any atom is -0.307 e. The molecule has 0 bridgehead atoms. The highest BCUT2D eigenvalue weighted by molar-refractivity contribution is 7.07. The van der Waals surface area contributed by atoms with Gasteiger partial charge in [-0.3, -0.25) is 0 Å². The molecule has 4 heteroatoms. The highest BCUT2D eigenvalue weighted by atomic mass is 32.1. The number of thiazole rings is 1. The molecule has 0 spiro atoms. The Hall–Kier alpha value is -1.68. The normalized spacial score (nSPS) is 12.9. The molecule has 3 rings (SSSR count). The van der Waals surface area contributed by atoms with Gasteiger partial charge in [-0.25, -0.2) is 9.97 Å². The van der Waals surface area contributed by atoms with Crippen molar-refractivity contribution >= 4 is 17.0 Å². The molecule has 3 aromatic heterocycles. The standard InChI is InChI=1S/C18H23N3S/c1-17(2,8-9-18(3,4)15-12-22-13-19-15)14-11-21-10-6-5-7-16(21)20-14/h5-7,10-13H,8-9H2,1-4H3. The van der Waals surface area contributed by atoms with Crippen LogP contribution in [0.2, 0.25) is 0 Å². The molecular weight excluding hydrogens is 290 g/mol. The molecule has 0 radical (unpaired) electrons. The zero-order valence-electron chi connectivity index (χ0n) is 13.7. The Morgan fingerprint density at radius 1 is 1.05 bits per heavy atom. The van der Waals surface area contributed by atoms with E-state index >= 15 is 0 Å². The maximum atomic E-state index is 4.80. The molecule has 3 heterocycles. The SMILES string of the molecule is CC(C)(CCC(C)(C)c1cn2ccccc2n1)c1cscn1. The summed E-state index contributed by atoms with van der Waals surface area (Å²) in [6.07, 6.45) is 6.39. The predicted molar refractivity (Wildman–Crippen MR) is 92.6 cm³/mol. The van der Waals surface area contributed by atoms with E-state index in [9.17, 15) is 0 Å². The van der Waals surface area contributed by atoms with Gasteiger partial charge in [0.1, 0.15) is 5.65 Å². The molecule has 0 aromatic carbocycles. The summed E-state index contributed by atoms with van der Waals surface area (Å²) in [5, 5.41) is 2.16. The van der Waals surface area contributed by atoms with Crippen molar-refractivity contribution in [2.24, 2.45) is 0 Å². The van der Waals surface area contributed by atoms with E-state index in [1.54, 1.807) is 11.3 Å². The number of rotatable bonds is 5. The summed E-state index contributed by atoms with van der Waals surface area (Å²) < 4.78 is 2.10. The number of hydrogen-bond donors (Lipinski definition) is 0. The van der Waals surface area contributed by atoms with Crippen LogP contribution in [0.4, 0.5) is 0 Å². The van der Waals surface area contributed by atoms with Gasteiger partial charge in [0.25, 0.3) is 0 Å². The molecule has 0 fully saturated rings. The Labute approximate surface area is 136 Å². The van der Waals surface area contributed by atoms with Gasteiger partial charge in [0.2, 0.25) is 0 Å². The molecule has 0 aliphatic carbocycles. The first-order valence-electron chi connectivity index (χ1n) is 7.71. The van der Waals surface area contributed by atoms with Crippen molar-refractivity contribution < 1.29 is 0 Å².